The Morgan fingerprint density at radius 1 is 1.12 bits per heavy atom. The predicted molar refractivity (Wildman–Crippen MR) is 63.4 cm³/mol. The summed E-state index contributed by atoms with van der Waals surface area (Å²) in [4.78, 5) is 0. The van der Waals surface area contributed by atoms with Crippen LogP contribution in [0.15, 0.2) is 24.3 Å². The summed E-state index contributed by atoms with van der Waals surface area (Å²) in [6.07, 6.45) is 0.122. The molecular weight excluding hydrogens is 220 g/mol. The third kappa shape index (κ3) is 3.91. The normalized spacial score (nSPS) is 22.2. The Balaban J connectivity index is 1.73. The molecule has 0 bridgehead atoms. The summed E-state index contributed by atoms with van der Waals surface area (Å²) < 4.78 is 21.4. The topological polar surface area (TPSA) is 40.2 Å². The lowest BCUT2D eigenvalue weighted by Gasteiger charge is -2.07. The SMILES string of the molecule is CCOCCOc1ccc(OC2OC2C)cc1. The molecule has 0 amide bonds. The van der Waals surface area contributed by atoms with Gasteiger partial charge in [0, 0.05) is 6.61 Å². The van der Waals surface area contributed by atoms with Gasteiger partial charge in [-0.3, -0.25) is 0 Å². The van der Waals surface area contributed by atoms with Crippen LogP contribution in [0.5, 0.6) is 11.5 Å². The molecule has 1 saturated heterocycles. The molecule has 4 heteroatoms. The molecule has 0 aliphatic carbocycles. The maximum absolute atomic E-state index is 5.53. The molecule has 1 aliphatic heterocycles. The molecule has 2 atom stereocenters. The lowest BCUT2D eigenvalue weighted by molar-refractivity contribution is 0.110. The molecule has 0 spiro atoms. The first-order valence-corrected chi connectivity index (χ1v) is 5.92. The Labute approximate surface area is 101 Å². The van der Waals surface area contributed by atoms with Crippen LogP contribution in [0.3, 0.4) is 0 Å². The number of hydrogen-bond acceptors (Lipinski definition) is 4. The van der Waals surface area contributed by atoms with Crippen LogP contribution < -0.4 is 9.47 Å². The van der Waals surface area contributed by atoms with Crippen molar-refractivity contribution in [3.63, 3.8) is 0 Å². The third-order valence-electron chi connectivity index (χ3n) is 2.43. The molecule has 1 aromatic carbocycles. The van der Waals surface area contributed by atoms with Crippen LogP contribution in [0.25, 0.3) is 0 Å². The van der Waals surface area contributed by atoms with Crippen molar-refractivity contribution in [3.05, 3.63) is 24.3 Å². The van der Waals surface area contributed by atoms with Crippen molar-refractivity contribution >= 4 is 0 Å². The van der Waals surface area contributed by atoms with Crippen molar-refractivity contribution in [1.82, 2.24) is 0 Å². The highest BCUT2D eigenvalue weighted by atomic mass is 16.8. The average Bonchev–Trinajstić information content (AvgIpc) is 3.03. The van der Waals surface area contributed by atoms with E-state index < -0.39 is 0 Å². The molecule has 17 heavy (non-hydrogen) atoms. The molecular formula is C13H18O4. The van der Waals surface area contributed by atoms with Gasteiger partial charge in [0.15, 0.2) is 0 Å². The fourth-order valence-corrected chi connectivity index (χ4v) is 1.40. The van der Waals surface area contributed by atoms with Crippen LogP contribution in [0.2, 0.25) is 0 Å². The largest absolute Gasteiger partial charge is 0.491 e. The summed E-state index contributed by atoms with van der Waals surface area (Å²) in [5.74, 6) is 1.62. The molecule has 0 N–H and O–H groups in total. The molecule has 94 valence electrons. The second kappa shape index (κ2) is 5.89. The maximum atomic E-state index is 5.53. The monoisotopic (exact) mass is 238 g/mol. The van der Waals surface area contributed by atoms with Gasteiger partial charge in [0.2, 0.25) is 6.29 Å². The first-order valence-electron chi connectivity index (χ1n) is 5.92. The molecule has 2 rings (SSSR count). The Bertz CT molecular complexity index is 336. The van der Waals surface area contributed by atoms with E-state index in [1.807, 2.05) is 38.1 Å². The van der Waals surface area contributed by atoms with Crippen molar-refractivity contribution in [2.24, 2.45) is 0 Å². The molecule has 1 aromatic rings. The highest BCUT2D eigenvalue weighted by Gasteiger charge is 2.36. The van der Waals surface area contributed by atoms with Crippen LogP contribution in [0, 0.1) is 0 Å². The van der Waals surface area contributed by atoms with E-state index >= 15 is 0 Å². The van der Waals surface area contributed by atoms with Gasteiger partial charge >= 0.3 is 0 Å². The van der Waals surface area contributed by atoms with Crippen molar-refractivity contribution in [2.45, 2.75) is 26.2 Å². The predicted octanol–water partition coefficient (Wildman–Crippen LogP) is 2.23. The Morgan fingerprint density at radius 2 is 1.76 bits per heavy atom. The second-order valence-corrected chi connectivity index (χ2v) is 3.84. The first-order chi connectivity index (χ1) is 8.29. The van der Waals surface area contributed by atoms with E-state index in [1.54, 1.807) is 0 Å². The molecule has 2 unspecified atom stereocenters. The molecule has 0 saturated carbocycles. The van der Waals surface area contributed by atoms with Gasteiger partial charge in [-0.25, -0.2) is 0 Å². The van der Waals surface area contributed by atoms with Crippen molar-refractivity contribution in [1.29, 1.82) is 0 Å². The van der Waals surface area contributed by atoms with Gasteiger partial charge in [-0.1, -0.05) is 0 Å². The summed E-state index contributed by atoms with van der Waals surface area (Å²) in [7, 11) is 0. The van der Waals surface area contributed by atoms with Crippen molar-refractivity contribution in [2.75, 3.05) is 19.8 Å². The molecule has 1 heterocycles. The Morgan fingerprint density at radius 3 is 2.35 bits per heavy atom. The van der Waals surface area contributed by atoms with Crippen LogP contribution >= 0.6 is 0 Å². The standard InChI is InChI=1S/C13H18O4/c1-3-14-8-9-15-11-4-6-12(7-5-11)17-13-10(2)16-13/h4-7,10,13H,3,8-9H2,1-2H3. The maximum Gasteiger partial charge on any atom is 0.226 e. The third-order valence-corrected chi connectivity index (χ3v) is 2.43. The molecule has 1 aliphatic rings. The fourth-order valence-electron chi connectivity index (χ4n) is 1.40. The molecule has 4 nitrogen and oxygen atoms in total. The van der Waals surface area contributed by atoms with E-state index in [2.05, 4.69) is 0 Å². The van der Waals surface area contributed by atoms with Crippen LogP contribution in [0.1, 0.15) is 13.8 Å². The van der Waals surface area contributed by atoms with Crippen molar-refractivity contribution in [3.8, 4) is 11.5 Å². The van der Waals surface area contributed by atoms with E-state index in [9.17, 15) is 0 Å². The number of benzene rings is 1. The summed E-state index contributed by atoms with van der Waals surface area (Å²) in [6, 6.07) is 7.53. The van der Waals surface area contributed by atoms with Gasteiger partial charge in [0.25, 0.3) is 0 Å². The highest BCUT2D eigenvalue weighted by molar-refractivity contribution is 5.31. The zero-order valence-electron chi connectivity index (χ0n) is 10.2. The zero-order chi connectivity index (χ0) is 12.1. The molecule has 0 radical (unpaired) electrons. The summed E-state index contributed by atoms with van der Waals surface area (Å²) in [5, 5.41) is 0. The first kappa shape index (κ1) is 12.2. The van der Waals surface area contributed by atoms with Crippen molar-refractivity contribution < 1.29 is 18.9 Å². The van der Waals surface area contributed by atoms with E-state index in [4.69, 9.17) is 18.9 Å². The fraction of sp³-hybridized carbons (Fsp3) is 0.538. The van der Waals surface area contributed by atoms with Gasteiger partial charge in [-0.2, -0.15) is 0 Å². The number of ether oxygens (including phenoxy) is 4. The van der Waals surface area contributed by atoms with Gasteiger partial charge in [0.05, 0.1) is 6.61 Å². The second-order valence-electron chi connectivity index (χ2n) is 3.84. The number of epoxide rings is 1. The highest BCUT2D eigenvalue weighted by Crippen LogP contribution is 2.26. The average molecular weight is 238 g/mol. The van der Waals surface area contributed by atoms with Gasteiger partial charge in [-0.05, 0) is 38.1 Å². The van der Waals surface area contributed by atoms with E-state index in [0.29, 0.717) is 13.2 Å². The summed E-state index contributed by atoms with van der Waals surface area (Å²) >= 11 is 0. The summed E-state index contributed by atoms with van der Waals surface area (Å²) in [6.45, 7) is 5.84. The quantitative estimate of drug-likeness (QED) is 0.539. The van der Waals surface area contributed by atoms with E-state index in [-0.39, 0.29) is 12.4 Å². The minimum Gasteiger partial charge on any atom is -0.491 e. The van der Waals surface area contributed by atoms with E-state index in [0.717, 1.165) is 18.1 Å². The van der Waals surface area contributed by atoms with Gasteiger partial charge in [0.1, 0.15) is 24.2 Å². The van der Waals surface area contributed by atoms with Crippen LogP contribution in [0.4, 0.5) is 0 Å². The number of rotatable bonds is 7. The van der Waals surface area contributed by atoms with Gasteiger partial charge in [-0.15, -0.1) is 0 Å². The lowest BCUT2D eigenvalue weighted by atomic mass is 10.3. The number of hydrogen-bond donors (Lipinski definition) is 0. The zero-order valence-corrected chi connectivity index (χ0v) is 10.2. The minimum atomic E-state index is -0.0836. The smallest absolute Gasteiger partial charge is 0.226 e. The molecule has 0 aromatic heterocycles. The molecule has 1 fully saturated rings. The van der Waals surface area contributed by atoms with E-state index in [1.165, 1.54) is 0 Å². The van der Waals surface area contributed by atoms with Crippen LogP contribution in [-0.2, 0) is 9.47 Å². The van der Waals surface area contributed by atoms with Crippen LogP contribution in [-0.4, -0.2) is 32.2 Å². The lowest BCUT2D eigenvalue weighted by Crippen LogP contribution is -2.06. The van der Waals surface area contributed by atoms with Gasteiger partial charge < -0.3 is 18.9 Å². The summed E-state index contributed by atoms with van der Waals surface area (Å²) in [5.41, 5.74) is 0. The Kier molecular flexibility index (Phi) is 4.23. The Hall–Kier alpha value is -1.26. The minimum absolute atomic E-state index is 0.0836.